The lowest BCUT2D eigenvalue weighted by Crippen LogP contribution is -2.15. The number of methoxy groups -OCH3 is 1. The lowest BCUT2D eigenvalue weighted by molar-refractivity contribution is 0.0695. The zero-order valence-electron chi connectivity index (χ0n) is 9.30. The third-order valence-electron chi connectivity index (χ3n) is 2.33. The summed E-state index contributed by atoms with van der Waals surface area (Å²) >= 11 is 0. The smallest absolute Gasteiger partial charge is 0.341 e. The molecule has 0 bridgehead atoms. The standard InChI is InChI=1S/C11H9NO4.BH3.2FH/c1-16-8-4-2-3-6-9(8)12-5-7(10(6)13)11(14)15;;;/h2-5H,1H3,(H,12,13)(H,14,15);1H3;2*1H. The van der Waals surface area contributed by atoms with Gasteiger partial charge >= 0.3 is 5.97 Å². The number of carboxylic acid groups (broad SMARTS) is 1. The number of pyridine rings is 1. The SMILES string of the molecule is B.COc1cccc2c(=O)c(C(=O)O)c[nH]c12.F.F. The van der Waals surface area contributed by atoms with Crippen LogP contribution >= 0.6 is 0 Å². The molecule has 0 unspecified atom stereocenters. The Kier molecular flexibility index (Phi) is 7.14. The molecule has 0 aliphatic rings. The molecule has 0 fully saturated rings. The van der Waals surface area contributed by atoms with E-state index in [-0.39, 0.29) is 23.4 Å². The van der Waals surface area contributed by atoms with Gasteiger partial charge in [0, 0.05) is 6.20 Å². The van der Waals surface area contributed by atoms with Crippen LogP contribution in [0.25, 0.3) is 10.9 Å². The summed E-state index contributed by atoms with van der Waals surface area (Å²) in [7, 11) is 1.48. The molecule has 0 spiro atoms. The second-order valence-corrected chi connectivity index (χ2v) is 3.22. The van der Waals surface area contributed by atoms with Gasteiger partial charge in [-0.15, -0.1) is 0 Å². The van der Waals surface area contributed by atoms with Gasteiger partial charge in [-0.2, -0.15) is 0 Å². The van der Waals surface area contributed by atoms with Gasteiger partial charge in [0.1, 0.15) is 11.3 Å². The third-order valence-corrected chi connectivity index (χ3v) is 2.33. The fraction of sp³-hybridized carbons (Fsp3) is 0.0909. The molecule has 1 aromatic carbocycles. The summed E-state index contributed by atoms with van der Waals surface area (Å²) in [6, 6.07) is 4.89. The van der Waals surface area contributed by atoms with Gasteiger partial charge in [0.2, 0.25) is 5.43 Å². The molecule has 0 saturated heterocycles. The third kappa shape index (κ3) is 3.09. The number of ether oxygens (including phenoxy) is 1. The fourth-order valence-corrected chi connectivity index (χ4v) is 1.55. The fourth-order valence-electron chi connectivity index (χ4n) is 1.55. The van der Waals surface area contributed by atoms with Crippen molar-refractivity contribution in [2.45, 2.75) is 0 Å². The number of benzene rings is 1. The molecule has 5 nitrogen and oxygen atoms in total. The Labute approximate surface area is 108 Å². The molecule has 2 aromatic rings. The quantitative estimate of drug-likeness (QED) is 0.774. The zero-order valence-corrected chi connectivity index (χ0v) is 9.30. The van der Waals surface area contributed by atoms with Crippen LogP contribution in [-0.2, 0) is 0 Å². The number of aromatic amines is 1. The molecule has 104 valence electrons. The summed E-state index contributed by atoms with van der Waals surface area (Å²) in [4.78, 5) is 25.3. The molecule has 0 saturated carbocycles. The van der Waals surface area contributed by atoms with E-state index < -0.39 is 11.4 Å². The van der Waals surface area contributed by atoms with E-state index in [4.69, 9.17) is 9.84 Å². The number of rotatable bonds is 2. The maximum Gasteiger partial charge on any atom is 0.341 e. The van der Waals surface area contributed by atoms with E-state index in [9.17, 15) is 9.59 Å². The Morgan fingerprint density at radius 3 is 2.47 bits per heavy atom. The average molecular weight is 273 g/mol. The van der Waals surface area contributed by atoms with Crippen molar-refractivity contribution in [2.24, 2.45) is 0 Å². The van der Waals surface area contributed by atoms with Gasteiger partial charge in [-0.1, -0.05) is 6.07 Å². The van der Waals surface area contributed by atoms with Gasteiger partial charge in [0.05, 0.1) is 26.4 Å². The highest BCUT2D eigenvalue weighted by Crippen LogP contribution is 2.20. The van der Waals surface area contributed by atoms with E-state index >= 15 is 0 Å². The number of hydrogen-bond donors (Lipinski definition) is 2. The van der Waals surface area contributed by atoms with Crippen LogP contribution in [0, 0.1) is 0 Å². The summed E-state index contributed by atoms with van der Waals surface area (Å²) < 4.78 is 5.07. The topological polar surface area (TPSA) is 79.4 Å². The van der Waals surface area contributed by atoms with Crippen molar-refractivity contribution in [3.63, 3.8) is 0 Å². The first kappa shape index (κ1) is 19.0. The monoisotopic (exact) mass is 273 g/mol. The molecule has 1 heterocycles. The van der Waals surface area contributed by atoms with Crippen LogP contribution in [0.15, 0.2) is 29.2 Å². The first-order valence-corrected chi connectivity index (χ1v) is 4.57. The maximum atomic E-state index is 11.8. The number of halogens is 2. The molecule has 0 aliphatic carbocycles. The normalized spacial score (nSPS) is 8.68. The average Bonchev–Trinajstić information content (AvgIpc) is 2.28. The number of fused-ring (bicyclic) bond motifs is 1. The minimum atomic E-state index is -1.24. The number of hydrogen-bond acceptors (Lipinski definition) is 3. The number of para-hydroxylation sites is 1. The van der Waals surface area contributed by atoms with Crippen LogP contribution in [-0.4, -0.2) is 31.6 Å². The lowest BCUT2D eigenvalue weighted by Gasteiger charge is -2.04. The van der Waals surface area contributed by atoms with Crippen molar-refractivity contribution in [1.82, 2.24) is 4.98 Å². The highest BCUT2D eigenvalue weighted by atomic mass is 19.0. The second kappa shape index (κ2) is 7.15. The zero-order chi connectivity index (χ0) is 11.7. The molecule has 0 amide bonds. The first-order valence-electron chi connectivity index (χ1n) is 4.57. The van der Waals surface area contributed by atoms with Crippen molar-refractivity contribution >= 4 is 25.3 Å². The molecular weight excluding hydrogens is 259 g/mol. The molecule has 1 aromatic heterocycles. The number of carboxylic acids is 1. The Hall–Kier alpha value is -2.38. The minimum absolute atomic E-state index is 0. The summed E-state index contributed by atoms with van der Waals surface area (Å²) in [5.74, 6) is -0.738. The van der Waals surface area contributed by atoms with Crippen LogP contribution in [0.2, 0.25) is 0 Å². The van der Waals surface area contributed by atoms with Gasteiger partial charge in [-0.05, 0) is 12.1 Å². The molecule has 8 heteroatoms. The summed E-state index contributed by atoms with van der Waals surface area (Å²) in [6.07, 6.45) is 1.18. The van der Waals surface area contributed by atoms with Crippen LogP contribution in [0.5, 0.6) is 5.75 Å². The van der Waals surface area contributed by atoms with Gasteiger partial charge in [0.25, 0.3) is 0 Å². The number of aromatic carboxylic acids is 1. The number of nitrogens with one attached hydrogen (secondary N) is 1. The van der Waals surface area contributed by atoms with Gasteiger partial charge in [-0.25, -0.2) is 4.79 Å². The summed E-state index contributed by atoms with van der Waals surface area (Å²) in [5, 5.41) is 9.11. The molecule has 0 radical (unpaired) electrons. The van der Waals surface area contributed by atoms with Crippen molar-refractivity contribution in [3.8, 4) is 5.75 Å². The van der Waals surface area contributed by atoms with Crippen LogP contribution in [0.1, 0.15) is 10.4 Å². The Bertz CT molecular complexity index is 630. The van der Waals surface area contributed by atoms with E-state index in [0.29, 0.717) is 16.7 Å². The molecule has 19 heavy (non-hydrogen) atoms. The van der Waals surface area contributed by atoms with Crippen LogP contribution in [0.4, 0.5) is 9.41 Å². The molecule has 0 aliphatic heterocycles. The molecule has 2 N–H and O–H groups in total. The van der Waals surface area contributed by atoms with Crippen LogP contribution in [0.3, 0.4) is 0 Å². The van der Waals surface area contributed by atoms with Crippen molar-refractivity contribution in [3.05, 3.63) is 40.2 Å². The summed E-state index contributed by atoms with van der Waals surface area (Å²) in [6.45, 7) is 0. The second-order valence-electron chi connectivity index (χ2n) is 3.22. The Morgan fingerprint density at radius 1 is 1.32 bits per heavy atom. The predicted molar refractivity (Wildman–Crippen MR) is 73.0 cm³/mol. The molecule has 2 rings (SSSR count). The predicted octanol–water partition coefficient (Wildman–Crippen LogP) is 0.356. The summed E-state index contributed by atoms with van der Waals surface area (Å²) in [5.41, 5.74) is -0.291. The van der Waals surface area contributed by atoms with Gasteiger partial charge < -0.3 is 14.8 Å². The largest absolute Gasteiger partial charge is 0.495 e. The van der Waals surface area contributed by atoms with E-state index in [1.807, 2.05) is 0 Å². The van der Waals surface area contributed by atoms with E-state index in [2.05, 4.69) is 4.98 Å². The van der Waals surface area contributed by atoms with Crippen molar-refractivity contribution in [1.29, 1.82) is 0 Å². The highest BCUT2D eigenvalue weighted by Gasteiger charge is 2.12. The molecule has 0 atom stereocenters. The van der Waals surface area contributed by atoms with Crippen molar-refractivity contribution in [2.75, 3.05) is 7.11 Å². The Balaban J connectivity index is 0. The highest BCUT2D eigenvalue weighted by molar-refractivity contribution is 5.93. The minimum Gasteiger partial charge on any atom is -0.495 e. The van der Waals surface area contributed by atoms with Crippen LogP contribution < -0.4 is 10.2 Å². The van der Waals surface area contributed by atoms with E-state index in [0.717, 1.165) is 0 Å². The number of aromatic nitrogens is 1. The lowest BCUT2D eigenvalue weighted by atomic mass is 10.1. The number of H-pyrrole nitrogens is 1. The van der Waals surface area contributed by atoms with Gasteiger partial charge in [0.15, 0.2) is 0 Å². The molecular formula is C11H14BF2NO4. The van der Waals surface area contributed by atoms with Crippen molar-refractivity contribution < 1.29 is 24.0 Å². The first-order chi connectivity index (χ1) is 7.65. The van der Waals surface area contributed by atoms with E-state index in [1.54, 1.807) is 18.2 Å². The Morgan fingerprint density at radius 2 is 1.95 bits per heavy atom. The number of carbonyl (C=O) groups is 1. The van der Waals surface area contributed by atoms with E-state index in [1.165, 1.54) is 13.3 Å². The maximum absolute atomic E-state index is 11.8. The van der Waals surface area contributed by atoms with Gasteiger partial charge in [-0.3, -0.25) is 14.2 Å².